The van der Waals surface area contributed by atoms with Crippen molar-refractivity contribution < 1.29 is 4.79 Å². The van der Waals surface area contributed by atoms with Crippen molar-refractivity contribution in [3.8, 4) is 0 Å². The van der Waals surface area contributed by atoms with Gasteiger partial charge in [-0.1, -0.05) is 25.7 Å². The van der Waals surface area contributed by atoms with Gasteiger partial charge in [-0.05, 0) is 51.0 Å². The fraction of sp³-hybridized carbons (Fsp3) is 0.941. The lowest BCUT2D eigenvalue weighted by molar-refractivity contribution is -0.123. The van der Waals surface area contributed by atoms with Crippen molar-refractivity contribution >= 4 is 5.78 Å². The van der Waals surface area contributed by atoms with Crippen LogP contribution in [0.1, 0.15) is 70.6 Å². The van der Waals surface area contributed by atoms with Crippen LogP contribution in [0.3, 0.4) is 0 Å². The smallest absolute Gasteiger partial charge is 0.137 e. The molecule has 2 aliphatic carbocycles. The summed E-state index contributed by atoms with van der Waals surface area (Å²) in [5, 5.41) is 0. The topological polar surface area (TPSA) is 20.3 Å². The second-order valence-electron chi connectivity index (χ2n) is 7.01. The zero-order chi connectivity index (χ0) is 13.1. The number of nitrogens with zero attached hydrogens (tertiary/aromatic N) is 1. The third-order valence-corrected chi connectivity index (χ3v) is 5.74. The van der Waals surface area contributed by atoms with E-state index in [0.29, 0.717) is 11.7 Å². The molecule has 0 aromatic heterocycles. The van der Waals surface area contributed by atoms with Gasteiger partial charge in [-0.15, -0.1) is 0 Å². The molecule has 0 spiro atoms. The van der Waals surface area contributed by atoms with E-state index in [1.54, 1.807) is 0 Å². The highest BCUT2D eigenvalue weighted by Gasteiger charge is 2.35. The normalized spacial score (nSPS) is 34.8. The van der Waals surface area contributed by atoms with Crippen molar-refractivity contribution in [2.45, 2.75) is 76.7 Å². The van der Waals surface area contributed by atoms with E-state index in [-0.39, 0.29) is 0 Å². The first-order chi connectivity index (χ1) is 9.34. The number of rotatable bonds is 3. The van der Waals surface area contributed by atoms with Crippen LogP contribution in [0.15, 0.2) is 0 Å². The fourth-order valence-corrected chi connectivity index (χ4v) is 4.66. The Morgan fingerprint density at radius 1 is 0.895 bits per heavy atom. The van der Waals surface area contributed by atoms with Gasteiger partial charge < -0.3 is 0 Å². The second kappa shape index (κ2) is 6.39. The van der Waals surface area contributed by atoms with E-state index in [4.69, 9.17) is 0 Å². The molecular formula is C17H29NO. The second-order valence-corrected chi connectivity index (χ2v) is 7.01. The lowest BCUT2D eigenvalue weighted by atomic mass is 9.93. The Hall–Kier alpha value is -0.370. The van der Waals surface area contributed by atoms with Crippen LogP contribution in [0.4, 0.5) is 0 Å². The molecular weight excluding hydrogens is 234 g/mol. The molecule has 1 aliphatic heterocycles. The highest BCUT2D eigenvalue weighted by molar-refractivity contribution is 5.81. The van der Waals surface area contributed by atoms with E-state index in [0.717, 1.165) is 37.8 Å². The minimum atomic E-state index is 0.365. The van der Waals surface area contributed by atoms with Crippen LogP contribution < -0.4 is 0 Å². The maximum absolute atomic E-state index is 12.2. The molecule has 3 rings (SSSR count). The van der Waals surface area contributed by atoms with Gasteiger partial charge in [0.1, 0.15) is 5.78 Å². The Morgan fingerprint density at radius 2 is 1.68 bits per heavy atom. The minimum Gasteiger partial charge on any atom is -0.299 e. The van der Waals surface area contributed by atoms with Crippen molar-refractivity contribution in [3.63, 3.8) is 0 Å². The maximum Gasteiger partial charge on any atom is 0.137 e. The number of hydrogen-bond donors (Lipinski definition) is 0. The molecule has 2 atom stereocenters. The first-order valence-corrected chi connectivity index (χ1v) is 8.61. The molecule has 0 amide bonds. The number of likely N-dealkylation sites (tertiary alicyclic amines) is 1. The lowest BCUT2D eigenvalue weighted by Gasteiger charge is -2.31. The van der Waals surface area contributed by atoms with Crippen molar-refractivity contribution in [1.82, 2.24) is 4.90 Å². The molecule has 19 heavy (non-hydrogen) atoms. The largest absolute Gasteiger partial charge is 0.299 e. The summed E-state index contributed by atoms with van der Waals surface area (Å²) in [6.45, 7) is 2.34. The average molecular weight is 263 g/mol. The molecule has 0 aromatic carbocycles. The van der Waals surface area contributed by atoms with Crippen LogP contribution >= 0.6 is 0 Å². The van der Waals surface area contributed by atoms with Gasteiger partial charge in [0.2, 0.25) is 0 Å². The monoisotopic (exact) mass is 263 g/mol. The number of hydrogen-bond acceptors (Lipinski definition) is 2. The van der Waals surface area contributed by atoms with Crippen LogP contribution in [-0.4, -0.2) is 29.8 Å². The van der Waals surface area contributed by atoms with E-state index in [1.807, 2.05) is 0 Å². The molecule has 0 N–H and O–H groups in total. The van der Waals surface area contributed by atoms with Crippen molar-refractivity contribution in [2.24, 2.45) is 11.8 Å². The molecule has 0 bridgehead atoms. The minimum absolute atomic E-state index is 0.365. The maximum atomic E-state index is 12.2. The molecule has 1 heterocycles. The van der Waals surface area contributed by atoms with Gasteiger partial charge in [0.25, 0.3) is 0 Å². The first-order valence-electron chi connectivity index (χ1n) is 8.61. The number of ketones is 1. The molecule has 2 nitrogen and oxygen atoms in total. The Labute approximate surface area is 117 Å². The summed E-state index contributed by atoms with van der Waals surface area (Å²) in [5.41, 5.74) is 0. The fourth-order valence-electron chi connectivity index (χ4n) is 4.66. The Morgan fingerprint density at radius 3 is 2.53 bits per heavy atom. The average Bonchev–Trinajstić information content (AvgIpc) is 3.03. The molecule has 0 aromatic rings. The Kier molecular flexibility index (Phi) is 4.57. The summed E-state index contributed by atoms with van der Waals surface area (Å²) in [6.07, 6.45) is 14.2. The van der Waals surface area contributed by atoms with Crippen LogP contribution in [0, 0.1) is 11.8 Å². The standard InChI is InChI=1S/C17H29NO/c19-17-11-3-1-2-9-15(17)13-18-12-6-10-16(18)14-7-4-5-8-14/h14-16H,1-13H2. The van der Waals surface area contributed by atoms with Crippen LogP contribution in [0.25, 0.3) is 0 Å². The van der Waals surface area contributed by atoms with Crippen LogP contribution in [0.2, 0.25) is 0 Å². The Balaban J connectivity index is 1.59. The third kappa shape index (κ3) is 3.21. The quantitative estimate of drug-likeness (QED) is 0.722. The van der Waals surface area contributed by atoms with Crippen LogP contribution in [-0.2, 0) is 4.79 Å². The summed E-state index contributed by atoms with van der Waals surface area (Å²) in [6, 6.07) is 0.818. The third-order valence-electron chi connectivity index (χ3n) is 5.74. The summed E-state index contributed by atoms with van der Waals surface area (Å²) >= 11 is 0. The molecule has 3 fully saturated rings. The van der Waals surface area contributed by atoms with Gasteiger partial charge >= 0.3 is 0 Å². The molecule has 2 unspecified atom stereocenters. The SMILES string of the molecule is O=C1CCCCCC1CN1CCCC1C1CCCC1. The van der Waals surface area contributed by atoms with E-state index < -0.39 is 0 Å². The predicted molar refractivity (Wildman–Crippen MR) is 78.1 cm³/mol. The van der Waals surface area contributed by atoms with E-state index in [9.17, 15) is 4.79 Å². The molecule has 2 heteroatoms. The Bertz CT molecular complexity index is 308. The zero-order valence-electron chi connectivity index (χ0n) is 12.3. The highest BCUT2D eigenvalue weighted by Crippen LogP contribution is 2.36. The molecule has 108 valence electrons. The summed E-state index contributed by atoms with van der Waals surface area (Å²) in [4.78, 5) is 14.9. The van der Waals surface area contributed by atoms with Crippen molar-refractivity contribution in [1.29, 1.82) is 0 Å². The van der Waals surface area contributed by atoms with E-state index in [1.165, 1.54) is 57.9 Å². The summed E-state index contributed by atoms with van der Waals surface area (Å²) < 4.78 is 0. The number of carbonyl (C=O) groups excluding carboxylic acids is 1. The number of carbonyl (C=O) groups is 1. The van der Waals surface area contributed by atoms with Gasteiger partial charge in [-0.3, -0.25) is 9.69 Å². The molecule has 3 aliphatic rings. The predicted octanol–water partition coefficient (Wildman–Crippen LogP) is 3.79. The summed E-state index contributed by atoms with van der Waals surface area (Å²) in [7, 11) is 0. The highest BCUT2D eigenvalue weighted by atomic mass is 16.1. The van der Waals surface area contributed by atoms with Gasteiger partial charge in [0.05, 0.1) is 0 Å². The van der Waals surface area contributed by atoms with Crippen LogP contribution in [0.5, 0.6) is 0 Å². The first kappa shape index (κ1) is 13.6. The van der Waals surface area contributed by atoms with Gasteiger partial charge in [0.15, 0.2) is 0 Å². The zero-order valence-corrected chi connectivity index (χ0v) is 12.3. The molecule has 1 saturated heterocycles. The number of Topliss-reactive ketones (excluding diaryl/α,β-unsaturated/α-hetero) is 1. The molecule has 2 saturated carbocycles. The van der Waals surface area contributed by atoms with Crippen molar-refractivity contribution in [3.05, 3.63) is 0 Å². The summed E-state index contributed by atoms with van der Waals surface area (Å²) in [5.74, 6) is 1.88. The van der Waals surface area contributed by atoms with Gasteiger partial charge in [-0.2, -0.15) is 0 Å². The van der Waals surface area contributed by atoms with Crippen molar-refractivity contribution in [2.75, 3.05) is 13.1 Å². The van der Waals surface area contributed by atoms with Gasteiger partial charge in [-0.25, -0.2) is 0 Å². The lowest BCUT2D eigenvalue weighted by Crippen LogP contribution is -2.39. The molecule has 0 radical (unpaired) electrons. The van der Waals surface area contributed by atoms with E-state index >= 15 is 0 Å². The van der Waals surface area contributed by atoms with E-state index in [2.05, 4.69) is 4.90 Å². The van der Waals surface area contributed by atoms with Gasteiger partial charge in [0, 0.05) is 24.9 Å².